The number of rotatable bonds is 6. The molecule has 13 nitrogen and oxygen atoms in total. The molecular formula is C27H44N7O6+. The molecule has 0 radical (unpaired) electrons. The lowest BCUT2D eigenvalue weighted by atomic mass is 9.83. The molecule has 0 bridgehead atoms. The molecule has 5 saturated heterocycles. The number of nitrogens with zero attached hydrogens (tertiary/aromatic N) is 1. The fourth-order valence-electron chi connectivity index (χ4n) is 7.74. The molecule has 11 atom stereocenters. The third kappa shape index (κ3) is 5.26. The highest BCUT2D eigenvalue weighted by atomic mass is 16.7. The summed E-state index contributed by atoms with van der Waals surface area (Å²) in [5.41, 5.74) is 7.58. The van der Waals surface area contributed by atoms with E-state index in [0.29, 0.717) is 63.8 Å². The number of hydrogen-bond acceptors (Lipinski definition) is 11. The molecule has 7 rings (SSSR count). The maximum Gasteiger partial charge on any atom is 0.226 e. The molecule has 222 valence electrons. The van der Waals surface area contributed by atoms with Crippen LogP contribution in [0.15, 0.2) is 12.0 Å². The van der Waals surface area contributed by atoms with Crippen LogP contribution in [0.2, 0.25) is 0 Å². The predicted molar refractivity (Wildman–Crippen MR) is 141 cm³/mol. The van der Waals surface area contributed by atoms with Gasteiger partial charge < -0.3 is 30.2 Å². The number of morpholine rings is 1. The normalized spacial score (nSPS) is 45.5. The second kappa shape index (κ2) is 11.4. The van der Waals surface area contributed by atoms with E-state index in [4.69, 9.17) is 19.0 Å². The van der Waals surface area contributed by atoms with Crippen LogP contribution in [0.4, 0.5) is 0 Å². The van der Waals surface area contributed by atoms with Crippen molar-refractivity contribution >= 4 is 11.7 Å². The topological polar surface area (TPSA) is 162 Å². The molecule has 0 spiro atoms. The van der Waals surface area contributed by atoms with E-state index >= 15 is 0 Å². The van der Waals surface area contributed by atoms with E-state index in [0.717, 1.165) is 19.3 Å². The van der Waals surface area contributed by atoms with Crippen LogP contribution in [-0.4, -0.2) is 105 Å². The van der Waals surface area contributed by atoms with Gasteiger partial charge in [-0.25, -0.2) is 0 Å². The third-order valence-corrected chi connectivity index (χ3v) is 9.98. The van der Waals surface area contributed by atoms with Gasteiger partial charge in [0.25, 0.3) is 0 Å². The van der Waals surface area contributed by atoms with E-state index < -0.39 is 6.10 Å². The Morgan fingerprint density at radius 3 is 2.77 bits per heavy atom. The first-order chi connectivity index (χ1) is 19.5. The van der Waals surface area contributed by atoms with Crippen LogP contribution in [0.3, 0.4) is 0 Å². The Bertz CT molecular complexity index is 994. The number of hydroxylamine groups is 1. The van der Waals surface area contributed by atoms with Crippen LogP contribution in [0.5, 0.6) is 0 Å². The molecule has 6 aliphatic heterocycles. The molecule has 6 fully saturated rings. The zero-order chi connectivity index (χ0) is 27.2. The Kier molecular flexibility index (Phi) is 7.73. The summed E-state index contributed by atoms with van der Waals surface area (Å²) in [6.07, 6.45) is 6.59. The van der Waals surface area contributed by atoms with Crippen molar-refractivity contribution in [3.05, 3.63) is 12.0 Å². The molecule has 1 amide bonds. The summed E-state index contributed by atoms with van der Waals surface area (Å²) < 4.78 is 17.8. The second-order valence-corrected chi connectivity index (χ2v) is 12.5. The predicted octanol–water partition coefficient (Wildman–Crippen LogP) is -2.50. The van der Waals surface area contributed by atoms with Crippen LogP contribution in [0, 0.1) is 17.8 Å². The van der Waals surface area contributed by atoms with Crippen molar-refractivity contribution in [1.29, 1.82) is 0 Å². The van der Waals surface area contributed by atoms with E-state index in [-0.39, 0.29) is 60.1 Å². The Hall–Kier alpha value is -1.84. The number of quaternary nitrogens is 1. The number of ether oxygens (including phenoxy) is 3. The van der Waals surface area contributed by atoms with Crippen LogP contribution < -0.4 is 32.5 Å². The summed E-state index contributed by atoms with van der Waals surface area (Å²) in [5.74, 6) is 0.734. The third-order valence-electron chi connectivity index (χ3n) is 9.98. The maximum atomic E-state index is 12.9. The fraction of sp³-hybridized carbons (Fsp3) is 0.852. The van der Waals surface area contributed by atoms with Crippen molar-refractivity contribution in [2.24, 2.45) is 17.8 Å². The SMILES string of the molecule is [NH3+][C@@H]1CCCC[C@@H]1NC1CC2CNC(=O)C2C(NC2CC(C3COC4C(=O)C=C(N5CCOCC5)OC43)NO2)N1. The lowest BCUT2D eigenvalue weighted by Crippen LogP contribution is -2.73. The maximum absolute atomic E-state index is 12.9. The molecule has 0 aromatic rings. The van der Waals surface area contributed by atoms with Gasteiger partial charge in [0.2, 0.25) is 5.91 Å². The Morgan fingerprint density at radius 1 is 1.07 bits per heavy atom. The Balaban J connectivity index is 0.985. The van der Waals surface area contributed by atoms with Gasteiger partial charge in [0.15, 0.2) is 17.8 Å². The van der Waals surface area contributed by atoms with Gasteiger partial charge in [0.1, 0.15) is 12.3 Å². The first-order valence-electron chi connectivity index (χ1n) is 15.2. The number of carbonyl (C=O) groups excluding carboxylic acids is 2. The van der Waals surface area contributed by atoms with E-state index in [1.165, 1.54) is 12.8 Å². The fourth-order valence-corrected chi connectivity index (χ4v) is 7.74. The van der Waals surface area contributed by atoms with Gasteiger partial charge >= 0.3 is 0 Å². The first kappa shape index (κ1) is 27.0. The zero-order valence-electron chi connectivity index (χ0n) is 23.0. The van der Waals surface area contributed by atoms with Gasteiger partial charge in [0, 0.05) is 50.5 Å². The lowest BCUT2D eigenvalue weighted by molar-refractivity contribution is -0.431. The number of carbonyl (C=O) groups is 2. The number of hydrogen-bond donors (Lipinski definition) is 6. The Morgan fingerprint density at radius 2 is 1.93 bits per heavy atom. The minimum Gasteiger partial charge on any atom is -0.472 e. The molecule has 0 aromatic carbocycles. The first-order valence-corrected chi connectivity index (χ1v) is 15.2. The molecule has 9 unspecified atom stereocenters. The largest absolute Gasteiger partial charge is 0.472 e. The molecular weight excluding hydrogens is 518 g/mol. The smallest absolute Gasteiger partial charge is 0.226 e. The van der Waals surface area contributed by atoms with Crippen molar-refractivity contribution in [2.45, 2.75) is 87.4 Å². The van der Waals surface area contributed by atoms with E-state index in [9.17, 15) is 9.59 Å². The highest BCUT2D eigenvalue weighted by Crippen LogP contribution is 2.36. The molecule has 6 heterocycles. The van der Waals surface area contributed by atoms with E-state index in [1.807, 2.05) is 0 Å². The van der Waals surface area contributed by atoms with Crippen molar-refractivity contribution in [2.75, 3.05) is 39.5 Å². The van der Waals surface area contributed by atoms with Gasteiger partial charge in [0.05, 0.1) is 50.2 Å². The molecule has 8 N–H and O–H groups in total. The van der Waals surface area contributed by atoms with E-state index in [1.54, 1.807) is 6.08 Å². The molecule has 40 heavy (non-hydrogen) atoms. The van der Waals surface area contributed by atoms with Crippen molar-refractivity contribution in [1.82, 2.24) is 31.6 Å². The standard InChI is InChI=1S/C27H43N7O6/c28-16-3-1-2-4-17(16)30-20-9-14-12-29-27(36)23(14)26(31-20)32-21-10-18(33-40-21)15-13-38-25-19(35)11-22(39-24(15)25)34-5-7-37-8-6-34/h11,14-18,20-21,23-26,30-33H,1-10,12-13,28H2,(H,29,36)/p+1/t14?,15?,16-,17+,18?,20?,21?,23?,24?,25?,26?/m1/s1. The minimum atomic E-state index is -0.588. The summed E-state index contributed by atoms with van der Waals surface area (Å²) in [6, 6.07) is 0.757. The highest BCUT2D eigenvalue weighted by molar-refractivity contribution is 5.95. The van der Waals surface area contributed by atoms with Gasteiger partial charge in [-0.15, -0.1) is 0 Å². The number of amides is 1. The van der Waals surface area contributed by atoms with Crippen LogP contribution >= 0.6 is 0 Å². The van der Waals surface area contributed by atoms with Gasteiger partial charge in [-0.2, -0.15) is 5.48 Å². The Labute approximate surface area is 234 Å². The lowest BCUT2D eigenvalue weighted by Gasteiger charge is -2.42. The molecule has 0 aromatic heterocycles. The average Bonchev–Trinajstić information content (AvgIpc) is 3.69. The average molecular weight is 563 g/mol. The zero-order valence-corrected chi connectivity index (χ0v) is 23.0. The van der Waals surface area contributed by atoms with Crippen molar-refractivity contribution in [3.8, 4) is 0 Å². The highest BCUT2D eigenvalue weighted by Gasteiger charge is 2.52. The van der Waals surface area contributed by atoms with E-state index in [2.05, 4.69) is 37.4 Å². The van der Waals surface area contributed by atoms with Crippen LogP contribution in [0.25, 0.3) is 0 Å². The molecule has 13 heteroatoms. The number of piperidine rings is 1. The van der Waals surface area contributed by atoms with Crippen LogP contribution in [0.1, 0.15) is 38.5 Å². The summed E-state index contributed by atoms with van der Waals surface area (Å²) >= 11 is 0. The quantitative estimate of drug-likeness (QED) is 0.203. The number of nitrogens with one attached hydrogen (secondary N) is 5. The summed E-state index contributed by atoms with van der Waals surface area (Å²) in [6.45, 7) is 3.78. The second-order valence-electron chi connectivity index (χ2n) is 12.5. The summed E-state index contributed by atoms with van der Waals surface area (Å²) in [4.78, 5) is 33.8. The van der Waals surface area contributed by atoms with Crippen LogP contribution in [-0.2, 0) is 28.6 Å². The minimum absolute atomic E-state index is 0.0398. The van der Waals surface area contributed by atoms with Gasteiger partial charge in [-0.05, 0) is 25.2 Å². The van der Waals surface area contributed by atoms with Crippen molar-refractivity contribution in [3.63, 3.8) is 0 Å². The van der Waals surface area contributed by atoms with Crippen molar-refractivity contribution < 1.29 is 34.4 Å². The summed E-state index contributed by atoms with van der Waals surface area (Å²) in [5, 5.41) is 14.2. The molecule has 1 aliphatic carbocycles. The number of ketones is 1. The molecule has 1 saturated carbocycles. The monoisotopic (exact) mass is 562 g/mol. The summed E-state index contributed by atoms with van der Waals surface area (Å²) in [7, 11) is 0. The van der Waals surface area contributed by atoms with Gasteiger partial charge in [-0.3, -0.25) is 30.4 Å². The number of fused-ring (bicyclic) bond motifs is 2. The van der Waals surface area contributed by atoms with Gasteiger partial charge in [-0.1, -0.05) is 6.42 Å². The molecule has 7 aliphatic rings.